The maximum atomic E-state index is 13.5. The molecule has 0 aliphatic heterocycles. The minimum absolute atomic E-state index is 0.0956. The summed E-state index contributed by atoms with van der Waals surface area (Å²) < 4.78 is 12.5. The van der Waals surface area contributed by atoms with Crippen LogP contribution in [0.3, 0.4) is 0 Å². The molecule has 0 bridgehead atoms. The maximum absolute atomic E-state index is 13.5. The monoisotopic (exact) mass is 620 g/mol. The van der Waals surface area contributed by atoms with Gasteiger partial charge in [-0.3, -0.25) is 4.79 Å². The summed E-state index contributed by atoms with van der Waals surface area (Å²) in [6.45, 7) is 6.06. The minimum Gasteiger partial charge on any atom is -0.466 e. The van der Waals surface area contributed by atoms with Crippen molar-refractivity contribution in [3.05, 3.63) is 132 Å². The second-order valence-electron chi connectivity index (χ2n) is 12.5. The molecule has 1 aliphatic carbocycles. The predicted octanol–water partition coefficient (Wildman–Crippen LogP) is 10.5. The lowest BCUT2D eigenvalue weighted by atomic mass is 9.80. The first-order valence-electron chi connectivity index (χ1n) is 17.5. The molecule has 0 aromatic heterocycles. The van der Waals surface area contributed by atoms with Crippen molar-refractivity contribution in [2.75, 3.05) is 6.61 Å². The fourth-order valence-corrected chi connectivity index (χ4v) is 6.88. The van der Waals surface area contributed by atoms with Gasteiger partial charge in [0.1, 0.15) is 12.4 Å². The largest absolute Gasteiger partial charge is 0.466 e. The molecule has 2 atom stereocenters. The third-order valence-electron chi connectivity index (χ3n) is 9.31. The van der Waals surface area contributed by atoms with Crippen LogP contribution in [0.25, 0.3) is 0 Å². The van der Waals surface area contributed by atoms with Crippen molar-refractivity contribution < 1.29 is 19.1 Å². The van der Waals surface area contributed by atoms with Gasteiger partial charge < -0.3 is 9.47 Å². The number of ketones is 1. The van der Waals surface area contributed by atoms with Crippen molar-refractivity contribution in [1.29, 1.82) is 0 Å². The van der Waals surface area contributed by atoms with E-state index < -0.39 is 11.6 Å². The summed E-state index contributed by atoms with van der Waals surface area (Å²) >= 11 is 0. The molecule has 0 heterocycles. The molecule has 0 N–H and O–H groups in total. The van der Waals surface area contributed by atoms with Gasteiger partial charge in [0.05, 0.1) is 0 Å². The zero-order valence-electron chi connectivity index (χ0n) is 27.7. The van der Waals surface area contributed by atoms with Crippen LogP contribution in [-0.4, -0.2) is 18.4 Å². The van der Waals surface area contributed by atoms with Gasteiger partial charge in [-0.05, 0) is 44.1 Å². The second kappa shape index (κ2) is 18.9. The topological polar surface area (TPSA) is 52.6 Å². The highest BCUT2D eigenvalue weighted by Gasteiger charge is 2.41. The number of esters is 1. The van der Waals surface area contributed by atoms with Gasteiger partial charge in [-0.15, -0.1) is 0 Å². The number of hydrogen-bond acceptors (Lipinski definition) is 4. The van der Waals surface area contributed by atoms with E-state index in [4.69, 9.17) is 9.47 Å². The van der Waals surface area contributed by atoms with Gasteiger partial charge in [0.25, 0.3) is 0 Å². The number of ether oxygens (including phenoxy) is 2. The Morgan fingerprint density at radius 2 is 1.33 bits per heavy atom. The van der Waals surface area contributed by atoms with Crippen molar-refractivity contribution >= 4 is 11.8 Å². The Hall–Kier alpha value is -3.92. The first kappa shape index (κ1) is 34.9. The number of allylic oxidation sites excluding steroid dienone is 1. The Kier molecular flexibility index (Phi) is 14.4. The van der Waals surface area contributed by atoms with Crippen molar-refractivity contribution in [3.63, 3.8) is 0 Å². The Bertz CT molecular complexity index is 1270. The van der Waals surface area contributed by atoms with Crippen LogP contribution in [0.2, 0.25) is 0 Å². The molecular weight excluding hydrogens is 568 g/mol. The van der Waals surface area contributed by atoms with Crippen LogP contribution in [0.4, 0.5) is 0 Å². The summed E-state index contributed by atoms with van der Waals surface area (Å²) in [6, 6.07) is 30.1. The van der Waals surface area contributed by atoms with Crippen LogP contribution in [-0.2, 0) is 24.7 Å². The number of carbonyl (C=O) groups excluding carboxylic acids is 2. The lowest BCUT2D eigenvalue weighted by Gasteiger charge is -2.36. The maximum Gasteiger partial charge on any atom is 0.373 e. The number of benzene rings is 3. The third kappa shape index (κ3) is 9.55. The quantitative estimate of drug-likeness (QED) is 0.0315. The number of carbonyl (C=O) groups is 2. The smallest absolute Gasteiger partial charge is 0.373 e. The van der Waals surface area contributed by atoms with E-state index >= 15 is 0 Å². The Morgan fingerprint density at radius 3 is 1.89 bits per heavy atom. The van der Waals surface area contributed by atoms with Crippen molar-refractivity contribution in [1.82, 2.24) is 0 Å². The van der Waals surface area contributed by atoms with Crippen LogP contribution < -0.4 is 0 Å². The van der Waals surface area contributed by atoms with E-state index in [2.05, 4.69) is 13.5 Å². The zero-order valence-corrected chi connectivity index (χ0v) is 27.7. The second-order valence-corrected chi connectivity index (χ2v) is 12.5. The van der Waals surface area contributed by atoms with Gasteiger partial charge in [0.15, 0.2) is 5.60 Å². The number of Topliss-reactive ketones (excluding diaryl/α,β-unsaturated/α-hetero) is 1. The van der Waals surface area contributed by atoms with E-state index in [1.165, 1.54) is 44.9 Å². The van der Waals surface area contributed by atoms with Crippen LogP contribution in [0, 0.1) is 11.8 Å². The molecule has 0 unspecified atom stereocenters. The highest BCUT2D eigenvalue weighted by molar-refractivity contribution is 5.86. The molecule has 4 rings (SSSR count). The molecule has 244 valence electrons. The first-order valence-corrected chi connectivity index (χ1v) is 17.5. The van der Waals surface area contributed by atoms with Gasteiger partial charge in [0, 0.05) is 29.0 Å². The van der Waals surface area contributed by atoms with Gasteiger partial charge in [0.2, 0.25) is 5.76 Å². The van der Waals surface area contributed by atoms with Gasteiger partial charge >= 0.3 is 5.97 Å². The molecule has 4 nitrogen and oxygen atoms in total. The molecule has 4 heteroatoms. The Labute approximate surface area is 276 Å². The Balaban J connectivity index is 1.51. The molecule has 1 aliphatic rings. The minimum atomic E-state index is -1.08. The average Bonchev–Trinajstić information content (AvgIpc) is 3.46. The van der Waals surface area contributed by atoms with Gasteiger partial charge in [-0.2, -0.15) is 0 Å². The highest BCUT2D eigenvalue weighted by atomic mass is 16.6. The van der Waals surface area contributed by atoms with Crippen LogP contribution in [0.5, 0.6) is 0 Å². The lowest BCUT2D eigenvalue weighted by molar-refractivity contribution is -0.144. The van der Waals surface area contributed by atoms with E-state index in [1.54, 1.807) is 6.08 Å². The summed E-state index contributed by atoms with van der Waals surface area (Å²) in [6.07, 6.45) is 17.5. The molecular formula is C42H52O4. The summed E-state index contributed by atoms with van der Waals surface area (Å²) in [4.78, 5) is 26.3. The summed E-state index contributed by atoms with van der Waals surface area (Å²) in [5.41, 5.74) is 1.64. The number of unbranched alkanes of at least 4 members (excludes halogenated alkanes) is 7. The number of rotatable bonds is 20. The predicted molar refractivity (Wildman–Crippen MR) is 187 cm³/mol. The van der Waals surface area contributed by atoms with E-state index in [0.29, 0.717) is 18.1 Å². The van der Waals surface area contributed by atoms with E-state index in [1.807, 2.05) is 97.1 Å². The summed E-state index contributed by atoms with van der Waals surface area (Å²) in [5, 5.41) is 0. The van der Waals surface area contributed by atoms with Crippen molar-refractivity contribution in [2.24, 2.45) is 11.8 Å². The number of hydrogen-bond donors (Lipinski definition) is 0. The SMILES string of the molecule is C=CCOC(=O)C(=CCCCC[C@H]1C(=O)CC[C@@H]1CCCCCCCC)OC(c1ccccc1)(c1ccccc1)c1ccccc1. The molecule has 0 amide bonds. The van der Waals surface area contributed by atoms with Crippen molar-refractivity contribution in [3.8, 4) is 0 Å². The van der Waals surface area contributed by atoms with E-state index in [-0.39, 0.29) is 18.3 Å². The van der Waals surface area contributed by atoms with Crippen LogP contribution in [0.1, 0.15) is 107 Å². The van der Waals surface area contributed by atoms with E-state index in [9.17, 15) is 9.59 Å². The van der Waals surface area contributed by atoms with Crippen LogP contribution >= 0.6 is 0 Å². The average molecular weight is 621 g/mol. The molecule has 3 aromatic rings. The summed E-state index contributed by atoms with van der Waals surface area (Å²) in [7, 11) is 0. The van der Waals surface area contributed by atoms with Crippen LogP contribution in [0.15, 0.2) is 115 Å². The molecule has 1 fully saturated rings. The molecule has 0 radical (unpaired) electrons. The Morgan fingerprint density at radius 1 is 0.783 bits per heavy atom. The lowest BCUT2D eigenvalue weighted by Crippen LogP contribution is -2.34. The van der Waals surface area contributed by atoms with E-state index in [0.717, 1.165) is 48.8 Å². The fourth-order valence-electron chi connectivity index (χ4n) is 6.88. The summed E-state index contributed by atoms with van der Waals surface area (Å²) in [5.74, 6) is 0.829. The highest BCUT2D eigenvalue weighted by Crippen LogP contribution is 2.42. The zero-order chi connectivity index (χ0) is 32.5. The molecule has 1 saturated carbocycles. The van der Waals surface area contributed by atoms with Gasteiger partial charge in [-0.25, -0.2) is 4.79 Å². The van der Waals surface area contributed by atoms with Gasteiger partial charge in [-0.1, -0.05) is 156 Å². The normalized spacial score (nSPS) is 16.7. The fraction of sp³-hybridized carbons (Fsp3) is 0.429. The molecule has 3 aromatic carbocycles. The first-order chi connectivity index (χ1) is 22.6. The molecule has 46 heavy (non-hydrogen) atoms. The standard InChI is InChI=1S/C42H52O4/c1-3-5-6-7-8-13-22-34-31-32-39(43)38(34)29-20-12-21-30-40(41(44)45-33-4-2)46-42(35-23-14-9-15-24-35,36-25-16-10-17-26-36)37-27-18-11-19-28-37/h4,9-11,14-19,23-28,30,34,38H,2-3,5-8,12-13,20-22,29,31-33H2,1H3/t34-,38+/m0/s1. The molecule has 0 saturated heterocycles. The van der Waals surface area contributed by atoms with Crippen molar-refractivity contribution in [2.45, 2.75) is 96.0 Å². The third-order valence-corrected chi connectivity index (χ3v) is 9.31. The molecule has 0 spiro atoms.